The molecule has 2 atom stereocenters. The molecule has 0 aliphatic carbocycles. The maximum Gasteiger partial charge on any atom is 0.327 e. The number of carbonyl (C=O) groups excluding carboxylic acids is 1. The fourth-order valence-electron chi connectivity index (χ4n) is 2.04. The zero-order chi connectivity index (χ0) is 15.6. The summed E-state index contributed by atoms with van der Waals surface area (Å²) < 4.78 is 0. The van der Waals surface area contributed by atoms with Gasteiger partial charge in [0.1, 0.15) is 12.1 Å². The molecule has 1 aromatic carbocycles. The van der Waals surface area contributed by atoms with Gasteiger partial charge in [-0.2, -0.15) is 5.26 Å². The lowest BCUT2D eigenvalue weighted by atomic mass is 10.2. The number of benzene rings is 1. The average Bonchev–Trinajstić information content (AvgIpc) is 2.81. The first-order chi connectivity index (χ1) is 9.93. The zero-order valence-corrected chi connectivity index (χ0v) is 12.6. The van der Waals surface area contributed by atoms with Gasteiger partial charge < -0.3 is 10.4 Å². The van der Waals surface area contributed by atoms with E-state index in [1.807, 2.05) is 6.07 Å². The van der Waals surface area contributed by atoms with Crippen LogP contribution in [0.4, 0.5) is 10.5 Å². The van der Waals surface area contributed by atoms with Crippen molar-refractivity contribution in [3.63, 3.8) is 0 Å². The van der Waals surface area contributed by atoms with Crippen LogP contribution in [0.2, 0.25) is 5.02 Å². The van der Waals surface area contributed by atoms with Crippen LogP contribution in [0.15, 0.2) is 18.2 Å². The fourth-order valence-corrected chi connectivity index (χ4v) is 3.38. The van der Waals surface area contributed by atoms with Crippen LogP contribution in [-0.4, -0.2) is 39.2 Å². The van der Waals surface area contributed by atoms with Crippen LogP contribution in [0, 0.1) is 11.3 Å². The Morgan fingerprint density at radius 3 is 2.90 bits per heavy atom. The molecule has 2 amide bonds. The lowest BCUT2D eigenvalue weighted by Gasteiger charge is -2.25. The highest BCUT2D eigenvalue weighted by molar-refractivity contribution is 8.00. The Morgan fingerprint density at radius 1 is 1.57 bits per heavy atom. The first kappa shape index (κ1) is 15.5. The van der Waals surface area contributed by atoms with E-state index in [2.05, 4.69) is 5.32 Å². The third kappa shape index (κ3) is 3.23. The van der Waals surface area contributed by atoms with Crippen molar-refractivity contribution < 1.29 is 14.7 Å². The minimum absolute atomic E-state index is 0.254. The molecular weight excluding hydrogens is 314 g/mol. The van der Waals surface area contributed by atoms with Crippen molar-refractivity contribution in [3.05, 3.63) is 28.8 Å². The topological polar surface area (TPSA) is 93.4 Å². The van der Waals surface area contributed by atoms with Crippen LogP contribution in [-0.2, 0) is 4.79 Å². The number of hydrogen-bond donors (Lipinski definition) is 2. The number of anilines is 1. The van der Waals surface area contributed by atoms with Crippen molar-refractivity contribution in [1.82, 2.24) is 4.90 Å². The molecule has 2 rings (SSSR count). The molecule has 1 saturated heterocycles. The van der Waals surface area contributed by atoms with Gasteiger partial charge in [0, 0.05) is 10.8 Å². The normalized spacial score (nSPS) is 20.9. The summed E-state index contributed by atoms with van der Waals surface area (Å²) in [4.78, 5) is 24.7. The standard InChI is InChI=1S/C13H12ClN3O3S/c1-7-17(11(6-21-7)12(18)19)13(20)16-10-4-9(14)3-2-8(10)5-15/h2-4,7,11H,6H2,1H3,(H,16,20)(H,18,19). The molecule has 1 aliphatic heterocycles. The first-order valence-corrected chi connectivity index (χ1v) is 7.50. The van der Waals surface area contributed by atoms with Gasteiger partial charge in [0.05, 0.1) is 16.6 Å². The van der Waals surface area contributed by atoms with E-state index >= 15 is 0 Å². The Labute approximate surface area is 130 Å². The Kier molecular flexibility index (Phi) is 4.60. The third-order valence-corrected chi connectivity index (χ3v) is 4.54. The monoisotopic (exact) mass is 325 g/mol. The van der Waals surface area contributed by atoms with Gasteiger partial charge in [-0.05, 0) is 25.1 Å². The minimum atomic E-state index is -1.05. The SMILES string of the molecule is CC1SCC(C(=O)O)N1C(=O)Nc1cc(Cl)ccc1C#N. The van der Waals surface area contributed by atoms with Crippen LogP contribution in [0.1, 0.15) is 12.5 Å². The lowest BCUT2D eigenvalue weighted by Crippen LogP contribution is -2.46. The van der Waals surface area contributed by atoms with Gasteiger partial charge in [-0.15, -0.1) is 11.8 Å². The summed E-state index contributed by atoms with van der Waals surface area (Å²) >= 11 is 7.24. The molecule has 1 aliphatic rings. The van der Waals surface area contributed by atoms with Gasteiger partial charge in [-0.1, -0.05) is 11.6 Å². The molecule has 0 saturated carbocycles. The predicted octanol–water partition coefficient (Wildman–Crippen LogP) is 2.59. The summed E-state index contributed by atoms with van der Waals surface area (Å²) in [6, 6.07) is 5.01. The molecule has 21 heavy (non-hydrogen) atoms. The second-order valence-corrected chi connectivity index (χ2v) is 6.21. The van der Waals surface area contributed by atoms with E-state index in [1.165, 1.54) is 28.8 Å². The molecule has 1 fully saturated rings. The van der Waals surface area contributed by atoms with E-state index < -0.39 is 18.0 Å². The van der Waals surface area contributed by atoms with Crippen LogP contribution in [0.3, 0.4) is 0 Å². The maximum absolute atomic E-state index is 12.3. The number of amides is 2. The summed E-state index contributed by atoms with van der Waals surface area (Å²) in [6.07, 6.45) is 0. The number of urea groups is 1. The Balaban J connectivity index is 2.23. The van der Waals surface area contributed by atoms with Crippen molar-refractivity contribution in [2.45, 2.75) is 18.3 Å². The highest BCUT2D eigenvalue weighted by atomic mass is 35.5. The number of carbonyl (C=O) groups is 2. The van der Waals surface area contributed by atoms with E-state index in [9.17, 15) is 9.59 Å². The second kappa shape index (κ2) is 6.24. The van der Waals surface area contributed by atoms with E-state index in [0.717, 1.165) is 0 Å². The van der Waals surface area contributed by atoms with Crippen LogP contribution in [0.5, 0.6) is 0 Å². The van der Waals surface area contributed by atoms with Crippen LogP contribution >= 0.6 is 23.4 Å². The molecule has 0 radical (unpaired) electrons. The molecule has 0 bridgehead atoms. The van der Waals surface area contributed by atoms with Gasteiger partial charge in [-0.25, -0.2) is 9.59 Å². The molecule has 6 nitrogen and oxygen atoms in total. The van der Waals surface area contributed by atoms with Crippen molar-refractivity contribution in [2.75, 3.05) is 11.1 Å². The number of nitriles is 1. The van der Waals surface area contributed by atoms with Crippen molar-refractivity contribution in [2.24, 2.45) is 0 Å². The molecule has 1 aromatic rings. The van der Waals surface area contributed by atoms with Crippen molar-refractivity contribution in [1.29, 1.82) is 5.26 Å². The number of rotatable bonds is 2. The zero-order valence-electron chi connectivity index (χ0n) is 11.0. The van der Waals surface area contributed by atoms with Crippen molar-refractivity contribution in [3.8, 4) is 6.07 Å². The summed E-state index contributed by atoms with van der Waals surface area (Å²) in [5.74, 6) is -0.710. The van der Waals surface area contributed by atoms with E-state index in [0.29, 0.717) is 10.8 Å². The van der Waals surface area contributed by atoms with E-state index in [4.69, 9.17) is 22.0 Å². The van der Waals surface area contributed by atoms with Crippen LogP contribution < -0.4 is 5.32 Å². The number of thioether (sulfide) groups is 1. The molecule has 110 valence electrons. The molecule has 0 spiro atoms. The van der Waals surface area contributed by atoms with E-state index in [-0.39, 0.29) is 16.6 Å². The molecular formula is C13H12ClN3O3S. The molecule has 0 aromatic heterocycles. The Bertz CT molecular complexity index is 632. The number of nitrogens with zero attached hydrogens (tertiary/aromatic N) is 2. The summed E-state index contributed by atoms with van der Waals surface area (Å²) in [6.45, 7) is 1.76. The number of carboxylic acid groups (broad SMARTS) is 1. The second-order valence-electron chi connectivity index (χ2n) is 4.43. The highest BCUT2D eigenvalue weighted by Gasteiger charge is 2.39. The Hall–Kier alpha value is -1.91. The number of nitrogens with one attached hydrogen (secondary N) is 1. The number of hydrogen-bond acceptors (Lipinski definition) is 4. The first-order valence-electron chi connectivity index (χ1n) is 6.07. The third-order valence-electron chi connectivity index (χ3n) is 3.09. The lowest BCUT2D eigenvalue weighted by molar-refractivity contribution is -0.141. The highest BCUT2D eigenvalue weighted by Crippen LogP contribution is 2.30. The van der Waals surface area contributed by atoms with E-state index in [1.54, 1.807) is 13.0 Å². The summed E-state index contributed by atoms with van der Waals surface area (Å²) in [7, 11) is 0. The number of halogens is 1. The molecule has 2 unspecified atom stereocenters. The minimum Gasteiger partial charge on any atom is -0.480 e. The average molecular weight is 326 g/mol. The van der Waals surface area contributed by atoms with Crippen LogP contribution in [0.25, 0.3) is 0 Å². The van der Waals surface area contributed by atoms with Gasteiger partial charge in [0.15, 0.2) is 0 Å². The fraction of sp³-hybridized carbons (Fsp3) is 0.308. The largest absolute Gasteiger partial charge is 0.480 e. The molecule has 2 N–H and O–H groups in total. The van der Waals surface area contributed by atoms with Gasteiger partial charge in [0.25, 0.3) is 0 Å². The van der Waals surface area contributed by atoms with Gasteiger partial charge >= 0.3 is 12.0 Å². The quantitative estimate of drug-likeness (QED) is 0.871. The Morgan fingerprint density at radius 2 is 2.29 bits per heavy atom. The van der Waals surface area contributed by atoms with Crippen molar-refractivity contribution >= 4 is 41.1 Å². The maximum atomic E-state index is 12.3. The number of carboxylic acids is 1. The van der Waals surface area contributed by atoms with Gasteiger partial charge in [-0.3, -0.25) is 4.90 Å². The molecule has 1 heterocycles. The molecule has 8 heteroatoms. The number of aliphatic carboxylic acids is 1. The summed E-state index contributed by atoms with van der Waals surface area (Å²) in [5, 5.41) is 20.9. The predicted molar refractivity (Wildman–Crippen MR) is 80.4 cm³/mol. The summed E-state index contributed by atoms with van der Waals surface area (Å²) in [5.41, 5.74) is 0.530. The van der Waals surface area contributed by atoms with Gasteiger partial charge in [0.2, 0.25) is 0 Å². The smallest absolute Gasteiger partial charge is 0.327 e.